The van der Waals surface area contributed by atoms with E-state index in [4.69, 9.17) is 4.84 Å². The Labute approximate surface area is 173 Å². The largest absolute Gasteiger partial charge is 0.303 e. The highest BCUT2D eigenvalue weighted by Gasteiger charge is 2.24. The molecule has 0 heterocycles. The van der Waals surface area contributed by atoms with Crippen LogP contribution >= 0.6 is 11.8 Å². The molecule has 1 N–H and O–H groups in total. The average molecular weight is 411 g/mol. The molecule has 0 fully saturated rings. The molecular weight excluding hydrogens is 389 g/mol. The lowest BCUT2D eigenvalue weighted by atomic mass is 10.0. The zero-order chi connectivity index (χ0) is 20.8. The van der Waals surface area contributed by atoms with Crippen molar-refractivity contribution in [2.24, 2.45) is 0 Å². The summed E-state index contributed by atoms with van der Waals surface area (Å²) in [6.07, 6.45) is 4.93. The molecule has 2 aromatic rings. The van der Waals surface area contributed by atoms with E-state index in [1.54, 1.807) is 17.8 Å². The molecule has 0 aliphatic heterocycles. The van der Waals surface area contributed by atoms with Crippen LogP contribution in [-0.2, 0) is 14.4 Å². The third-order valence-electron chi connectivity index (χ3n) is 4.79. The smallest absolute Gasteiger partial charge is 0.250 e. The first-order valence-corrected chi connectivity index (χ1v) is 10.5. The molecule has 0 aromatic heterocycles. The minimum absolute atomic E-state index is 0.225. The van der Waals surface area contributed by atoms with Crippen molar-refractivity contribution < 1.29 is 18.8 Å². The highest BCUT2D eigenvalue weighted by Crippen LogP contribution is 2.43. The Morgan fingerprint density at radius 2 is 1.93 bits per heavy atom. The molecule has 0 saturated carbocycles. The van der Waals surface area contributed by atoms with E-state index >= 15 is 0 Å². The summed E-state index contributed by atoms with van der Waals surface area (Å²) in [5, 5.41) is 0. The standard InChI is InChI=1S/C23H22FNO3S/c1-15-19(10-12-28-25-23(27)9-11-26)22-14-17(24)5-8-20(22)21(15)13-16-3-6-18(29-2)7-4-16/h3-8,11,13-14H,9-10,12H2,1-2H3,(H,25,27)/b21-13-. The van der Waals surface area contributed by atoms with Crippen molar-refractivity contribution >= 4 is 41.2 Å². The van der Waals surface area contributed by atoms with Gasteiger partial charge in [0.15, 0.2) is 0 Å². The maximum absolute atomic E-state index is 13.9. The lowest BCUT2D eigenvalue weighted by Gasteiger charge is -2.08. The fraction of sp³-hybridized carbons (Fsp3) is 0.217. The second-order valence-electron chi connectivity index (χ2n) is 6.62. The zero-order valence-corrected chi connectivity index (χ0v) is 17.1. The molecule has 1 aliphatic rings. The summed E-state index contributed by atoms with van der Waals surface area (Å²) in [5.74, 6) is -0.780. The van der Waals surface area contributed by atoms with Crippen molar-refractivity contribution in [1.82, 2.24) is 5.48 Å². The van der Waals surface area contributed by atoms with Crippen molar-refractivity contribution in [2.75, 3.05) is 12.9 Å². The van der Waals surface area contributed by atoms with Crippen molar-refractivity contribution in [3.63, 3.8) is 0 Å². The Morgan fingerprint density at radius 3 is 2.62 bits per heavy atom. The van der Waals surface area contributed by atoms with E-state index in [-0.39, 0.29) is 18.8 Å². The Kier molecular flexibility index (Phi) is 7.01. The molecule has 4 nitrogen and oxygen atoms in total. The first-order chi connectivity index (χ1) is 14.0. The van der Waals surface area contributed by atoms with Crippen molar-refractivity contribution in [3.8, 4) is 0 Å². The number of fused-ring (bicyclic) bond motifs is 1. The van der Waals surface area contributed by atoms with E-state index in [0.717, 1.165) is 33.4 Å². The van der Waals surface area contributed by atoms with Gasteiger partial charge in [0.2, 0.25) is 0 Å². The summed E-state index contributed by atoms with van der Waals surface area (Å²) in [7, 11) is 0. The number of nitrogens with one attached hydrogen (secondary N) is 1. The molecule has 0 spiro atoms. The molecule has 1 aliphatic carbocycles. The summed E-state index contributed by atoms with van der Waals surface area (Å²) in [6.45, 7) is 2.24. The fourth-order valence-electron chi connectivity index (χ4n) is 3.34. The van der Waals surface area contributed by atoms with E-state index in [1.807, 2.05) is 13.2 Å². The van der Waals surface area contributed by atoms with Gasteiger partial charge >= 0.3 is 0 Å². The van der Waals surface area contributed by atoms with Crippen molar-refractivity contribution in [2.45, 2.75) is 24.7 Å². The molecule has 0 saturated heterocycles. The van der Waals surface area contributed by atoms with Gasteiger partial charge in [0.1, 0.15) is 12.1 Å². The van der Waals surface area contributed by atoms with Gasteiger partial charge in [-0.2, -0.15) is 0 Å². The highest BCUT2D eigenvalue weighted by molar-refractivity contribution is 7.98. The molecule has 0 atom stereocenters. The van der Waals surface area contributed by atoms with E-state index in [1.165, 1.54) is 17.0 Å². The first-order valence-electron chi connectivity index (χ1n) is 9.24. The second-order valence-corrected chi connectivity index (χ2v) is 7.50. The monoisotopic (exact) mass is 411 g/mol. The third kappa shape index (κ3) is 5.02. The van der Waals surface area contributed by atoms with Gasteiger partial charge in [0.25, 0.3) is 5.91 Å². The number of carbonyl (C=O) groups excluding carboxylic acids is 2. The van der Waals surface area contributed by atoms with Crippen LogP contribution in [0, 0.1) is 5.82 Å². The molecule has 3 rings (SSSR count). The zero-order valence-electron chi connectivity index (χ0n) is 16.3. The number of hydroxylamine groups is 1. The second kappa shape index (κ2) is 9.67. The van der Waals surface area contributed by atoms with Gasteiger partial charge in [-0.1, -0.05) is 18.2 Å². The Hall–Kier alpha value is -2.70. The quantitative estimate of drug-likeness (QED) is 0.221. The predicted octanol–water partition coefficient (Wildman–Crippen LogP) is 4.90. The number of benzene rings is 2. The number of allylic oxidation sites excluding steroid dienone is 2. The molecular formula is C23H22FNO3S. The van der Waals surface area contributed by atoms with Gasteiger partial charge < -0.3 is 4.79 Å². The van der Waals surface area contributed by atoms with Crippen LogP contribution < -0.4 is 5.48 Å². The van der Waals surface area contributed by atoms with Crippen molar-refractivity contribution in [1.29, 1.82) is 0 Å². The number of hydrogen-bond donors (Lipinski definition) is 1. The summed E-state index contributed by atoms with van der Waals surface area (Å²) >= 11 is 1.69. The van der Waals surface area contributed by atoms with Gasteiger partial charge in [-0.3, -0.25) is 9.63 Å². The molecule has 29 heavy (non-hydrogen) atoms. The van der Waals surface area contributed by atoms with Crippen LogP contribution in [0.15, 0.2) is 52.9 Å². The van der Waals surface area contributed by atoms with Crippen LogP contribution in [0.1, 0.15) is 36.5 Å². The van der Waals surface area contributed by atoms with E-state index in [0.29, 0.717) is 12.7 Å². The van der Waals surface area contributed by atoms with Gasteiger partial charge in [-0.05, 0) is 83.4 Å². The maximum Gasteiger partial charge on any atom is 0.250 e. The van der Waals surface area contributed by atoms with Crippen LogP contribution in [0.3, 0.4) is 0 Å². The SMILES string of the molecule is CSc1ccc(/C=C2/C(C)=C(CCONC(=O)CC=O)c3cc(F)ccc32)cc1. The molecule has 2 aromatic carbocycles. The van der Waals surface area contributed by atoms with Gasteiger partial charge in [0.05, 0.1) is 13.0 Å². The molecule has 6 heteroatoms. The Balaban J connectivity index is 1.84. The fourth-order valence-corrected chi connectivity index (χ4v) is 3.75. The number of rotatable bonds is 8. The highest BCUT2D eigenvalue weighted by atomic mass is 32.2. The summed E-state index contributed by atoms with van der Waals surface area (Å²) < 4.78 is 13.9. The molecule has 1 amide bonds. The Bertz CT molecular complexity index is 980. The molecule has 0 radical (unpaired) electrons. The number of thioether (sulfide) groups is 1. The molecule has 0 bridgehead atoms. The van der Waals surface area contributed by atoms with Crippen LogP contribution in [0.4, 0.5) is 4.39 Å². The molecule has 150 valence electrons. The third-order valence-corrected chi connectivity index (χ3v) is 5.53. The average Bonchev–Trinajstić information content (AvgIpc) is 2.97. The maximum atomic E-state index is 13.9. The normalized spacial score (nSPS) is 14.2. The molecule has 0 unspecified atom stereocenters. The summed E-state index contributed by atoms with van der Waals surface area (Å²) in [4.78, 5) is 28.0. The summed E-state index contributed by atoms with van der Waals surface area (Å²) in [6, 6.07) is 13.1. The van der Waals surface area contributed by atoms with Crippen LogP contribution in [0.25, 0.3) is 17.2 Å². The summed E-state index contributed by atoms with van der Waals surface area (Å²) in [5.41, 5.74) is 8.23. The number of carbonyl (C=O) groups is 2. The lowest BCUT2D eigenvalue weighted by Crippen LogP contribution is -2.24. The minimum Gasteiger partial charge on any atom is -0.303 e. The van der Waals surface area contributed by atoms with Gasteiger partial charge in [-0.25, -0.2) is 9.87 Å². The number of aldehydes is 1. The van der Waals surface area contributed by atoms with Gasteiger partial charge in [-0.15, -0.1) is 11.8 Å². The first kappa shape index (κ1) is 21.0. The number of hydrogen-bond acceptors (Lipinski definition) is 4. The Morgan fingerprint density at radius 1 is 1.17 bits per heavy atom. The van der Waals surface area contributed by atoms with Gasteiger partial charge in [0, 0.05) is 4.90 Å². The lowest BCUT2D eigenvalue weighted by molar-refractivity contribution is -0.134. The van der Waals surface area contributed by atoms with Crippen LogP contribution in [-0.4, -0.2) is 25.1 Å². The van der Waals surface area contributed by atoms with Crippen LogP contribution in [0.5, 0.6) is 0 Å². The minimum atomic E-state index is -0.488. The van der Waals surface area contributed by atoms with E-state index in [9.17, 15) is 14.0 Å². The van der Waals surface area contributed by atoms with E-state index in [2.05, 4.69) is 35.8 Å². The number of halogens is 1. The van der Waals surface area contributed by atoms with E-state index < -0.39 is 5.91 Å². The topological polar surface area (TPSA) is 55.4 Å². The number of amides is 1. The van der Waals surface area contributed by atoms with Crippen LogP contribution in [0.2, 0.25) is 0 Å². The van der Waals surface area contributed by atoms with Crippen molar-refractivity contribution in [3.05, 3.63) is 70.5 Å². The predicted molar refractivity (Wildman–Crippen MR) is 114 cm³/mol.